The summed E-state index contributed by atoms with van der Waals surface area (Å²) in [4.78, 5) is 10.1. The molecule has 0 fully saturated rings. The third-order valence-corrected chi connectivity index (χ3v) is 2.72. The molecular weight excluding hydrogens is 287 g/mol. The third kappa shape index (κ3) is 2.84. The van der Waals surface area contributed by atoms with E-state index in [9.17, 15) is 14.5 Å². The molecule has 0 aromatic heterocycles. The average Bonchev–Trinajstić information content (AvgIpc) is 2.43. The highest BCUT2D eigenvalue weighted by Gasteiger charge is 2.15. The fourth-order valence-corrected chi connectivity index (χ4v) is 1.61. The molecule has 0 heterocycles. The molecule has 2 aromatic rings. The Morgan fingerprint density at radius 3 is 2.50 bits per heavy atom. The van der Waals surface area contributed by atoms with Crippen molar-refractivity contribution in [2.45, 2.75) is 0 Å². The SMILES string of the molecule is N#Cc1ccc(Oc2ccc(Cl)c(F)c2)cc1[N+](=O)[O-]. The molecule has 2 aromatic carbocycles. The molecule has 0 unspecified atom stereocenters. The number of nitro benzene ring substituents is 1. The van der Waals surface area contributed by atoms with E-state index in [-0.39, 0.29) is 27.8 Å². The van der Waals surface area contributed by atoms with Crippen LogP contribution in [0.15, 0.2) is 36.4 Å². The Hall–Kier alpha value is -2.65. The number of hydrogen-bond donors (Lipinski definition) is 0. The molecule has 0 spiro atoms. The molecule has 0 N–H and O–H groups in total. The lowest BCUT2D eigenvalue weighted by atomic mass is 10.2. The summed E-state index contributed by atoms with van der Waals surface area (Å²) in [6.45, 7) is 0. The number of rotatable bonds is 3. The smallest absolute Gasteiger partial charge is 0.290 e. The van der Waals surface area contributed by atoms with Gasteiger partial charge in [-0.1, -0.05) is 11.6 Å². The first kappa shape index (κ1) is 13.8. The molecule has 100 valence electrons. The number of nitro groups is 1. The van der Waals surface area contributed by atoms with Gasteiger partial charge in [0.25, 0.3) is 5.69 Å². The van der Waals surface area contributed by atoms with Crippen LogP contribution >= 0.6 is 11.6 Å². The molecule has 0 saturated heterocycles. The van der Waals surface area contributed by atoms with Gasteiger partial charge >= 0.3 is 0 Å². The molecule has 0 aliphatic heterocycles. The van der Waals surface area contributed by atoms with Gasteiger partial charge in [0.1, 0.15) is 28.9 Å². The van der Waals surface area contributed by atoms with Crippen LogP contribution in [0.25, 0.3) is 0 Å². The standard InChI is InChI=1S/C13H6ClFN2O3/c14-11-4-3-9(5-12(11)15)20-10-2-1-8(7-16)13(6-10)17(18)19/h1-6H. The minimum atomic E-state index is -0.687. The molecule has 2 rings (SSSR count). The number of hydrogen-bond acceptors (Lipinski definition) is 4. The van der Waals surface area contributed by atoms with Gasteiger partial charge in [-0.15, -0.1) is 0 Å². The first-order valence-electron chi connectivity index (χ1n) is 5.32. The Labute approximate surface area is 117 Å². The summed E-state index contributed by atoms with van der Waals surface area (Å²) in [7, 11) is 0. The number of halogens is 2. The van der Waals surface area contributed by atoms with Crippen molar-refractivity contribution in [3.05, 3.63) is 62.9 Å². The van der Waals surface area contributed by atoms with Crippen molar-refractivity contribution in [1.29, 1.82) is 5.26 Å². The summed E-state index contributed by atoms with van der Waals surface area (Å²) >= 11 is 5.53. The number of benzene rings is 2. The van der Waals surface area contributed by atoms with Crippen LogP contribution < -0.4 is 4.74 Å². The monoisotopic (exact) mass is 292 g/mol. The van der Waals surface area contributed by atoms with E-state index >= 15 is 0 Å². The molecule has 0 saturated carbocycles. The van der Waals surface area contributed by atoms with Crippen LogP contribution in [-0.2, 0) is 0 Å². The highest BCUT2D eigenvalue weighted by atomic mass is 35.5. The fourth-order valence-electron chi connectivity index (χ4n) is 1.50. The van der Waals surface area contributed by atoms with Crippen LogP contribution in [0.4, 0.5) is 10.1 Å². The summed E-state index contributed by atoms with van der Waals surface area (Å²) in [6, 6.07) is 9.26. The molecule has 0 amide bonds. The van der Waals surface area contributed by atoms with Crippen LogP contribution in [0.1, 0.15) is 5.56 Å². The van der Waals surface area contributed by atoms with Gasteiger partial charge in [-0.2, -0.15) is 5.26 Å². The number of nitrogens with zero attached hydrogens (tertiary/aromatic N) is 2. The summed E-state index contributed by atoms with van der Waals surface area (Å²) in [5.74, 6) is -0.393. The first-order valence-corrected chi connectivity index (χ1v) is 5.70. The normalized spacial score (nSPS) is 9.85. The fraction of sp³-hybridized carbons (Fsp3) is 0. The summed E-state index contributed by atoms with van der Waals surface area (Å²) in [6.07, 6.45) is 0. The van der Waals surface area contributed by atoms with Crippen molar-refractivity contribution in [2.75, 3.05) is 0 Å². The van der Waals surface area contributed by atoms with Crippen LogP contribution in [0.5, 0.6) is 11.5 Å². The molecule has 0 atom stereocenters. The Kier molecular flexibility index (Phi) is 3.82. The van der Waals surface area contributed by atoms with Gasteiger partial charge < -0.3 is 4.74 Å². The predicted molar refractivity (Wildman–Crippen MR) is 69.3 cm³/mol. The quantitative estimate of drug-likeness (QED) is 0.631. The van der Waals surface area contributed by atoms with Crippen molar-refractivity contribution < 1.29 is 14.1 Å². The lowest BCUT2D eigenvalue weighted by Crippen LogP contribution is -1.93. The minimum absolute atomic E-state index is 0.0526. The van der Waals surface area contributed by atoms with Crippen LogP contribution in [0.2, 0.25) is 5.02 Å². The molecule has 0 radical (unpaired) electrons. The second-order valence-corrected chi connectivity index (χ2v) is 4.13. The summed E-state index contributed by atoms with van der Waals surface area (Å²) in [5.41, 5.74) is -0.455. The molecule has 0 aliphatic rings. The van der Waals surface area contributed by atoms with E-state index in [1.54, 1.807) is 6.07 Å². The Morgan fingerprint density at radius 2 is 1.90 bits per heavy atom. The molecule has 20 heavy (non-hydrogen) atoms. The minimum Gasteiger partial charge on any atom is -0.457 e. The largest absolute Gasteiger partial charge is 0.457 e. The van der Waals surface area contributed by atoms with E-state index in [0.29, 0.717) is 0 Å². The molecule has 0 bridgehead atoms. The lowest BCUT2D eigenvalue weighted by Gasteiger charge is -2.06. The lowest BCUT2D eigenvalue weighted by molar-refractivity contribution is -0.385. The van der Waals surface area contributed by atoms with E-state index in [0.717, 1.165) is 12.1 Å². The second kappa shape index (κ2) is 5.55. The second-order valence-electron chi connectivity index (χ2n) is 3.73. The van der Waals surface area contributed by atoms with Crippen LogP contribution in [0, 0.1) is 27.3 Å². The van der Waals surface area contributed by atoms with Gasteiger partial charge in [0.2, 0.25) is 0 Å². The van der Waals surface area contributed by atoms with Crippen molar-refractivity contribution in [1.82, 2.24) is 0 Å². The van der Waals surface area contributed by atoms with Gasteiger partial charge in [0, 0.05) is 6.07 Å². The topological polar surface area (TPSA) is 76.2 Å². The van der Waals surface area contributed by atoms with E-state index in [1.165, 1.54) is 24.3 Å². The number of nitriles is 1. The maximum Gasteiger partial charge on any atom is 0.290 e. The summed E-state index contributed by atoms with van der Waals surface area (Å²) < 4.78 is 18.5. The van der Waals surface area contributed by atoms with Crippen molar-refractivity contribution in [3.63, 3.8) is 0 Å². The maximum atomic E-state index is 13.2. The van der Waals surface area contributed by atoms with E-state index in [4.69, 9.17) is 21.6 Å². The predicted octanol–water partition coefficient (Wildman–Crippen LogP) is 4.05. The van der Waals surface area contributed by atoms with E-state index < -0.39 is 10.7 Å². The molecule has 5 nitrogen and oxygen atoms in total. The van der Waals surface area contributed by atoms with Crippen molar-refractivity contribution >= 4 is 17.3 Å². The Morgan fingerprint density at radius 1 is 1.25 bits per heavy atom. The van der Waals surface area contributed by atoms with E-state index in [1.807, 2.05) is 0 Å². The molecule has 7 heteroatoms. The van der Waals surface area contributed by atoms with Gasteiger partial charge in [-0.25, -0.2) is 4.39 Å². The highest BCUT2D eigenvalue weighted by molar-refractivity contribution is 6.30. The van der Waals surface area contributed by atoms with Gasteiger partial charge in [-0.05, 0) is 24.3 Å². The Bertz CT molecular complexity index is 728. The zero-order valence-electron chi connectivity index (χ0n) is 9.84. The zero-order valence-corrected chi connectivity index (χ0v) is 10.6. The maximum absolute atomic E-state index is 13.2. The van der Waals surface area contributed by atoms with Crippen LogP contribution in [-0.4, -0.2) is 4.92 Å². The van der Waals surface area contributed by atoms with Crippen molar-refractivity contribution in [2.24, 2.45) is 0 Å². The highest BCUT2D eigenvalue weighted by Crippen LogP contribution is 2.29. The Balaban J connectivity index is 2.34. The van der Waals surface area contributed by atoms with Gasteiger partial charge in [0.05, 0.1) is 16.0 Å². The van der Waals surface area contributed by atoms with Gasteiger partial charge in [-0.3, -0.25) is 10.1 Å². The molecule has 0 aliphatic carbocycles. The van der Waals surface area contributed by atoms with Crippen LogP contribution in [0.3, 0.4) is 0 Å². The summed E-state index contributed by atoms with van der Waals surface area (Å²) in [5, 5.41) is 19.5. The zero-order chi connectivity index (χ0) is 14.7. The first-order chi connectivity index (χ1) is 9.51. The number of ether oxygens (including phenoxy) is 1. The molecular formula is C13H6ClFN2O3. The van der Waals surface area contributed by atoms with E-state index in [2.05, 4.69) is 0 Å². The van der Waals surface area contributed by atoms with Crippen molar-refractivity contribution in [3.8, 4) is 17.6 Å². The van der Waals surface area contributed by atoms with Gasteiger partial charge in [0.15, 0.2) is 0 Å². The average molecular weight is 293 g/mol. The third-order valence-electron chi connectivity index (χ3n) is 2.41.